The van der Waals surface area contributed by atoms with Crippen molar-refractivity contribution in [3.63, 3.8) is 0 Å². The second-order valence-electron chi connectivity index (χ2n) is 6.76. The molecule has 0 bridgehead atoms. The number of ether oxygens (including phenoxy) is 4. The Morgan fingerprint density at radius 2 is 1.66 bits per heavy atom. The van der Waals surface area contributed by atoms with E-state index in [0.717, 1.165) is 5.56 Å². The number of benzene rings is 3. The molecule has 4 rings (SSSR count). The van der Waals surface area contributed by atoms with Crippen LogP contribution in [0, 0.1) is 0 Å². The third kappa shape index (κ3) is 5.28. The summed E-state index contributed by atoms with van der Waals surface area (Å²) in [5.41, 5.74) is 1.55. The van der Waals surface area contributed by atoms with Gasteiger partial charge in [-0.15, -0.1) is 0 Å². The number of rotatable bonds is 8. The van der Waals surface area contributed by atoms with Crippen LogP contribution in [0.2, 0.25) is 5.02 Å². The third-order valence-corrected chi connectivity index (χ3v) is 4.83. The highest BCUT2D eigenvalue weighted by molar-refractivity contribution is 6.30. The van der Waals surface area contributed by atoms with Crippen LogP contribution in [0.25, 0.3) is 6.08 Å². The number of esters is 1. The third-order valence-electron chi connectivity index (χ3n) is 4.57. The Hall–Kier alpha value is -3.77. The Labute approximate surface area is 190 Å². The number of hydrogen-bond acceptors (Lipinski definition) is 6. The topological polar surface area (TPSA) is 66.3 Å². The van der Waals surface area contributed by atoms with Gasteiger partial charge in [-0.25, -0.2) is 9.79 Å². The molecule has 0 unspecified atom stereocenters. The van der Waals surface area contributed by atoms with Crippen molar-refractivity contribution in [3.8, 4) is 17.2 Å². The average Bonchev–Trinajstić information content (AvgIpc) is 3.19. The Balaban J connectivity index is 1.49. The molecule has 0 saturated heterocycles. The fourth-order valence-electron chi connectivity index (χ4n) is 3.00. The van der Waals surface area contributed by atoms with E-state index in [2.05, 4.69) is 4.99 Å². The van der Waals surface area contributed by atoms with Crippen molar-refractivity contribution in [2.45, 2.75) is 0 Å². The van der Waals surface area contributed by atoms with Gasteiger partial charge in [0.15, 0.2) is 5.70 Å². The molecule has 7 heteroatoms. The van der Waals surface area contributed by atoms with Gasteiger partial charge in [0, 0.05) is 16.1 Å². The highest BCUT2D eigenvalue weighted by Gasteiger charge is 2.24. The van der Waals surface area contributed by atoms with Crippen LogP contribution in [0.1, 0.15) is 11.1 Å². The number of aliphatic imine (C=N–C) groups is 1. The zero-order valence-corrected chi connectivity index (χ0v) is 18.0. The monoisotopic (exact) mass is 449 g/mol. The summed E-state index contributed by atoms with van der Waals surface area (Å²) < 4.78 is 22.2. The Bertz CT molecular complexity index is 1160. The summed E-state index contributed by atoms with van der Waals surface area (Å²) in [5.74, 6) is 1.63. The minimum absolute atomic E-state index is 0.180. The lowest BCUT2D eigenvalue weighted by atomic mass is 10.1. The molecule has 0 aromatic heterocycles. The fraction of sp³-hybridized carbons (Fsp3) is 0.120. The van der Waals surface area contributed by atoms with Crippen molar-refractivity contribution in [2.75, 3.05) is 20.3 Å². The molecule has 1 heterocycles. The molecule has 0 aliphatic carbocycles. The first kappa shape index (κ1) is 21.5. The molecule has 0 saturated carbocycles. The van der Waals surface area contributed by atoms with Crippen molar-refractivity contribution < 1.29 is 23.7 Å². The summed E-state index contributed by atoms with van der Waals surface area (Å²) >= 11 is 5.88. The van der Waals surface area contributed by atoms with Crippen molar-refractivity contribution >= 4 is 29.5 Å². The van der Waals surface area contributed by atoms with Crippen LogP contribution >= 0.6 is 11.6 Å². The van der Waals surface area contributed by atoms with E-state index in [9.17, 15) is 4.79 Å². The summed E-state index contributed by atoms with van der Waals surface area (Å²) in [4.78, 5) is 16.7. The minimum atomic E-state index is -0.524. The number of cyclic esters (lactones) is 1. The van der Waals surface area contributed by atoms with Crippen LogP contribution < -0.4 is 14.2 Å². The first-order valence-corrected chi connectivity index (χ1v) is 10.3. The maximum Gasteiger partial charge on any atom is 0.363 e. The first-order chi connectivity index (χ1) is 15.6. The van der Waals surface area contributed by atoms with Gasteiger partial charge in [0.2, 0.25) is 5.90 Å². The molecule has 0 fully saturated rings. The molecule has 0 amide bonds. The first-order valence-electron chi connectivity index (χ1n) is 9.89. The number of nitrogens with zero attached hydrogens (tertiary/aromatic N) is 1. The largest absolute Gasteiger partial charge is 0.497 e. The van der Waals surface area contributed by atoms with E-state index in [1.165, 1.54) is 0 Å². The maximum absolute atomic E-state index is 12.4. The van der Waals surface area contributed by atoms with Gasteiger partial charge in [-0.1, -0.05) is 29.8 Å². The van der Waals surface area contributed by atoms with Gasteiger partial charge in [0.05, 0.1) is 7.11 Å². The van der Waals surface area contributed by atoms with Gasteiger partial charge in [-0.05, 0) is 60.7 Å². The molecule has 1 aliphatic rings. The van der Waals surface area contributed by atoms with Gasteiger partial charge in [-0.3, -0.25) is 0 Å². The van der Waals surface area contributed by atoms with Crippen LogP contribution in [0.4, 0.5) is 0 Å². The highest BCUT2D eigenvalue weighted by Crippen LogP contribution is 2.28. The van der Waals surface area contributed by atoms with Crippen LogP contribution in [0.15, 0.2) is 83.5 Å². The zero-order valence-electron chi connectivity index (χ0n) is 17.3. The van der Waals surface area contributed by atoms with Crippen LogP contribution in [-0.2, 0) is 9.53 Å². The van der Waals surface area contributed by atoms with Crippen LogP contribution in [0.5, 0.6) is 17.2 Å². The molecule has 6 nitrogen and oxygen atoms in total. The predicted octanol–water partition coefficient (Wildman–Crippen LogP) is 5.15. The molecule has 1 aliphatic heterocycles. The van der Waals surface area contributed by atoms with E-state index >= 15 is 0 Å². The lowest BCUT2D eigenvalue weighted by Gasteiger charge is -2.12. The molecule has 0 radical (unpaired) electrons. The van der Waals surface area contributed by atoms with Crippen molar-refractivity contribution in [3.05, 3.63) is 94.6 Å². The second kappa shape index (κ2) is 10.0. The van der Waals surface area contributed by atoms with Crippen LogP contribution in [-0.4, -0.2) is 32.2 Å². The second-order valence-corrected chi connectivity index (χ2v) is 7.19. The van der Waals surface area contributed by atoms with E-state index in [1.54, 1.807) is 55.7 Å². The summed E-state index contributed by atoms with van der Waals surface area (Å²) in [6.45, 7) is 0.635. The molecule has 0 N–H and O–H groups in total. The van der Waals surface area contributed by atoms with E-state index in [-0.39, 0.29) is 11.6 Å². The van der Waals surface area contributed by atoms with Crippen LogP contribution in [0.3, 0.4) is 0 Å². The van der Waals surface area contributed by atoms with E-state index in [0.29, 0.717) is 41.0 Å². The lowest BCUT2D eigenvalue weighted by Crippen LogP contribution is -2.09. The molecular weight excluding hydrogens is 430 g/mol. The number of hydrogen-bond donors (Lipinski definition) is 0. The smallest absolute Gasteiger partial charge is 0.363 e. The van der Waals surface area contributed by atoms with Crippen molar-refractivity contribution in [1.82, 2.24) is 0 Å². The van der Waals surface area contributed by atoms with Crippen molar-refractivity contribution in [1.29, 1.82) is 0 Å². The highest BCUT2D eigenvalue weighted by atomic mass is 35.5. The maximum atomic E-state index is 12.4. The number of carbonyl (C=O) groups excluding carboxylic acids is 1. The van der Waals surface area contributed by atoms with Crippen molar-refractivity contribution in [2.24, 2.45) is 4.99 Å². The average molecular weight is 450 g/mol. The lowest BCUT2D eigenvalue weighted by molar-refractivity contribution is -0.129. The number of carbonyl (C=O) groups is 1. The summed E-state index contributed by atoms with van der Waals surface area (Å²) in [6.07, 6.45) is 1.62. The van der Waals surface area contributed by atoms with Gasteiger partial charge in [0.1, 0.15) is 30.5 Å². The predicted molar refractivity (Wildman–Crippen MR) is 122 cm³/mol. The van der Waals surface area contributed by atoms with Gasteiger partial charge < -0.3 is 18.9 Å². The molecule has 0 spiro atoms. The van der Waals surface area contributed by atoms with E-state index < -0.39 is 5.97 Å². The van der Waals surface area contributed by atoms with E-state index in [4.69, 9.17) is 30.5 Å². The Morgan fingerprint density at radius 3 is 2.41 bits per heavy atom. The number of halogens is 1. The Morgan fingerprint density at radius 1 is 0.938 bits per heavy atom. The SMILES string of the molecule is COc1ccc(OCCOc2ccc(Cl)cc2)c(C=C2N=C(c3ccccc3)OC2=O)c1. The normalized spacial score (nSPS) is 14.1. The molecule has 0 atom stereocenters. The quantitative estimate of drug-likeness (QED) is 0.270. The molecule has 162 valence electrons. The van der Waals surface area contributed by atoms with Gasteiger partial charge >= 0.3 is 5.97 Å². The summed E-state index contributed by atoms with van der Waals surface area (Å²) in [6, 6.07) is 21.7. The fourth-order valence-corrected chi connectivity index (χ4v) is 3.13. The molecule has 32 heavy (non-hydrogen) atoms. The molecular formula is C25H20ClNO5. The molecule has 3 aromatic rings. The zero-order chi connectivity index (χ0) is 22.3. The van der Waals surface area contributed by atoms with Gasteiger partial charge in [-0.2, -0.15) is 0 Å². The standard InChI is InChI=1S/C25H20ClNO5/c1-29-21-11-12-23(31-14-13-30-20-9-7-19(26)8-10-20)18(15-21)16-22-25(28)32-24(27-22)17-5-3-2-4-6-17/h2-12,15-16H,13-14H2,1H3. The summed E-state index contributed by atoms with van der Waals surface area (Å²) in [7, 11) is 1.57. The molecule has 3 aromatic carbocycles. The minimum Gasteiger partial charge on any atom is -0.497 e. The van der Waals surface area contributed by atoms with Gasteiger partial charge in [0.25, 0.3) is 0 Å². The Kier molecular flexibility index (Phi) is 6.72. The number of methoxy groups -OCH3 is 1. The summed E-state index contributed by atoms with van der Waals surface area (Å²) in [5, 5.41) is 0.646. The van der Waals surface area contributed by atoms with E-state index in [1.807, 2.05) is 30.3 Å².